The van der Waals surface area contributed by atoms with E-state index >= 15 is 0 Å². The third-order valence-electron chi connectivity index (χ3n) is 8.73. The van der Waals surface area contributed by atoms with Crippen molar-refractivity contribution in [1.29, 1.82) is 0 Å². The number of imidazole rings is 1. The molecular weight excluding hydrogens is 648 g/mol. The van der Waals surface area contributed by atoms with E-state index in [1.165, 1.54) is 103 Å². The van der Waals surface area contributed by atoms with Gasteiger partial charge >= 0.3 is 15.2 Å². The lowest BCUT2D eigenvalue weighted by Crippen LogP contribution is -2.17. The first kappa shape index (κ1) is 42.8. The van der Waals surface area contributed by atoms with Crippen LogP contribution in [0, 0.1) is 0 Å². The van der Waals surface area contributed by atoms with Gasteiger partial charge in [0.1, 0.15) is 18.2 Å². The molecule has 0 saturated carbocycles. The van der Waals surface area contributed by atoms with Gasteiger partial charge < -0.3 is 24.5 Å². The summed E-state index contributed by atoms with van der Waals surface area (Å²) >= 11 is 0. The minimum Gasteiger partial charge on any atom is -0.382 e. The predicted octanol–water partition coefficient (Wildman–Crippen LogP) is 10.8. The molecule has 0 aliphatic heterocycles. The first-order chi connectivity index (χ1) is 23.2. The van der Waals surface area contributed by atoms with Gasteiger partial charge in [-0.1, -0.05) is 142 Å². The summed E-state index contributed by atoms with van der Waals surface area (Å²) in [7, 11) is -8.14. The van der Waals surface area contributed by atoms with E-state index in [-0.39, 0.29) is 18.6 Å². The van der Waals surface area contributed by atoms with Gasteiger partial charge in [-0.2, -0.15) is 0 Å². The molecule has 0 radical (unpaired) electrons. The van der Waals surface area contributed by atoms with E-state index in [0.29, 0.717) is 24.1 Å². The Morgan fingerprint density at radius 1 is 0.750 bits per heavy atom. The number of ether oxygens (including phenoxy) is 1. The van der Waals surface area contributed by atoms with Crippen LogP contribution < -0.4 is 5.73 Å². The van der Waals surface area contributed by atoms with Crippen LogP contribution in [-0.4, -0.2) is 49.6 Å². The number of fused-ring (bicyclic) bond motifs is 1. The smallest absolute Gasteiger partial charge is 0.360 e. The molecule has 2 aromatic heterocycles. The van der Waals surface area contributed by atoms with Crippen molar-refractivity contribution in [3.05, 3.63) is 12.7 Å². The first-order valence-corrected chi connectivity index (χ1v) is 22.5. The van der Waals surface area contributed by atoms with E-state index in [1.807, 2.05) is 0 Å². The SMILES string of the molecule is CCCCCCCCCCCCCCCCCCP(=O)(OCCCCCCCC)OP(=O)(O)CO[C@H](C)Cn1cnc2c(N)ncnc21. The van der Waals surface area contributed by atoms with Gasteiger partial charge in [-0.3, -0.25) is 9.13 Å². The Balaban J connectivity index is 1.71. The van der Waals surface area contributed by atoms with Gasteiger partial charge in [0.05, 0.1) is 31.7 Å². The highest BCUT2D eigenvalue weighted by Crippen LogP contribution is 2.62. The molecule has 0 amide bonds. The minimum absolute atomic E-state index is 0.129. The number of hydrogen-bond donors (Lipinski definition) is 2. The molecule has 2 unspecified atom stereocenters. The van der Waals surface area contributed by atoms with Crippen molar-refractivity contribution in [2.24, 2.45) is 0 Å². The molecule has 0 spiro atoms. The fourth-order valence-corrected chi connectivity index (χ4v) is 9.72. The molecule has 0 aliphatic rings. The Kier molecular flexibility index (Phi) is 22.8. The Labute approximate surface area is 291 Å². The Morgan fingerprint density at radius 2 is 1.25 bits per heavy atom. The van der Waals surface area contributed by atoms with E-state index in [9.17, 15) is 14.0 Å². The topological polar surface area (TPSA) is 152 Å². The standard InChI is InChI=1S/C35H67N5O6P2/c1-4-6-8-10-12-13-14-15-16-17-18-19-20-21-23-25-27-48(43,45-26-24-22-11-9-7-5-2)46-47(41,42)31-44-32(3)28-40-30-39-33-34(36)37-29-38-35(33)40/h29-30,32H,4-28,31H2,1-3H3,(H,41,42)(H2,36,37,38)/t32-,48?/m1/s1. The number of nitrogens with two attached hydrogens (primary N) is 1. The molecular formula is C35H67N5O6P2. The van der Waals surface area contributed by atoms with E-state index in [0.717, 1.165) is 38.5 Å². The number of nitrogens with zero attached hydrogens (tertiary/aromatic N) is 4. The highest BCUT2D eigenvalue weighted by Gasteiger charge is 2.35. The molecule has 2 heterocycles. The van der Waals surface area contributed by atoms with E-state index in [4.69, 9.17) is 19.3 Å². The maximum atomic E-state index is 13.7. The second kappa shape index (κ2) is 25.6. The Bertz CT molecular complexity index is 1200. The van der Waals surface area contributed by atoms with Gasteiger partial charge in [0.25, 0.3) is 0 Å². The normalized spacial score (nSPS) is 15.1. The van der Waals surface area contributed by atoms with Crippen molar-refractivity contribution < 1.29 is 27.6 Å². The van der Waals surface area contributed by atoms with Crippen molar-refractivity contribution in [2.75, 3.05) is 24.9 Å². The number of unbranched alkanes of at least 4 members (excludes halogenated alkanes) is 20. The van der Waals surface area contributed by atoms with Crippen LogP contribution in [0.2, 0.25) is 0 Å². The maximum Gasteiger partial charge on any atom is 0.360 e. The molecule has 3 atom stereocenters. The van der Waals surface area contributed by atoms with Crippen LogP contribution in [-0.2, 0) is 29.2 Å². The molecule has 11 nitrogen and oxygen atoms in total. The highest BCUT2D eigenvalue weighted by atomic mass is 31.3. The highest BCUT2D eigenvalue weighted by molar-refractivity contribution is 7.66. The van der Waals surface area contributed by atoms with Crippen molar-refractivity contribution in [1.82, 2.24) is 19.5 Å². The molecule has 3 N–H and O–H groups in total. The lowest BCUT2D eigenvalue weighted by atomic mass is 10.0. The molecule has 0 saturated heterocycles. The molecule has 0 aromatic carbocycles. The molecule has 0 bridgehead atoms. The average Bonchev–Trinajstić information content (AvgIpc) is 3.46. The molecule has 2 rings (SSSR count). The third-order valence-corrected chi connectivity index (χ3v) is 12.7. The summed E-state index contributed by atoms with van der Waals surface area (Å²) in [6.45, 7) is 6.77. The summed E-state index contributed by atoms with van der Waals surface area (Å²) in [5.41, 5.74) is 6.90. The number of anilines is 1. The van der Waals surface area contributed by atoms with Gasteiger partial charge in [0, 0.05) is 0 Å². The van der Waals surface area contributed by atoms with E-state index in [2.05, 4.69) is 28.8 Å². The molecule has 0 fully saturated rings. The van der Waals surface area contributed by atoms with Gasteiger partial charge in [-0.05, 0) is 19.8 Å². The second-order valence-electron chi connectivity index (χ2n) is 13.4. The van der Waals surface area contributed by atoms with Crippen molar-refractivity contribution in [3.8, 4) is 0 Å². The summed E-state index contributed by atoms with van der Waals surface area (Å²) in [6, 6.07) is 0. The van der Waals surface area contributed by atoms with E-state index in [1.54, 1.807) is 17.8 Å². The molecule has 2 aromatic rings. The minimum atomic E-state index is -4.36. The van der Waals surface area contributed by atoms with Crippen LogP contribution in [0.25, 0.3) is 11.2 Å². The van der Waals surface area contributed by atoms with Gasteiger partial charge in [-0.15, -0.1) is 0 Å². The van der Waals surface area contributed by atoms with Crippen LogP contribution in [0.1, 0.15) is 162 Å². The number of rotatable bonds is 32. The second-order valence-corrected chi connectivity index (χ2v) is 17.5. The van der Waals surface area contributed by atoms with Gasteiger partial charge in [0.2, 0.25) is 0 Å². The number of nitrogen functional groups attached to an aromatic ring is 1. The summed E-state index contributed by atoms with van der Waals surface area (Å²) in [5.74, 6) is 0.279. The van der Waals surface area contributed by atoms with Crippen LogP contribution >= 0.6 is 15.2 Å². The van der Waals surface area contributed by atoms with Crippen LogP contribution in [0.15, 0.2) is 12.7 Å². The molecule has 278 valence electrons. The quantitative estimate of drug-likeness (QED) is 0.0553. The fraction of sp³-hybridized carbons (Fsp3) is 0.857. The lowest BCUT2D eigenvalue weighted by Gasteiger charge is -2.23. The number of aromatic nitrogens is 4. The van der Waals surface area contributed by atoms with Crippen molar-refractivity contribution >= 4 is 32.2 Å². The summed E-state index contributed by atoms with van der Waals surface area (Å²) in [6.07, 6.45) is 28.2. The third kappa shape index (κ3) is 19.2. The largest absolute Gasteiger partial charge is 0.382 e. The predicted molar refractivity (Wildman–Crippen MR) is 197 cm³/mol. The molecule has 48 heavy (non-hydrogen) atoms. The van der Waals surface area contributed by atoms with Crippen LogP contribution in [0.3, 0.4) is 0 Å². The van der Waals surface area contributed by atoms with Gasteiger partial charge in [0.15, 0.2) is 11.5 Å². The monoisotopic (exact) mass is 715 g/mol. The zero-order valence-electron chi connectivity index (χ0n) is 30.4. The lowest BCUT2D eigenvalue weighted by molar-refractivity contribution is 0.0763. The summed E-state index contributed by atoms with van der Waals surface area (Å²) < 4.78 is 45.4. The summed E-state index contributed by atoms with van der Waals surface area (Å²) in [4.78, 5) is 23.1. The maximum absolute atomic E-state index is 13.7. The van der Waals surface area contributed by atoms with Gasteiger partial charge in [-0.25, -0.2) is 19.3 Å². The zero-order valence-corrected chi connectivity index (χ0v) is 32.2. The zero-order chi connectivity index (χ0) is 34.9. The summed E-state index contributed by atoms with van der Waals surface area (Å²) in [5, 5.41) is 0. The van der Waals surface area contributed by atoms with E-state index < -0.39 is 27.6 Å². The molecule has 0 aliphatic carbocycles. The van der Waals surface area contributed by atoms with Crippen LogP contribution in [0.5, 0.6) is 0 Å². The van der Waals surface area contributed by atoms with Crippen LogP contribution in [0.4, 0.5) is 5.82 Å². The van der Waals surface area contributed by atoms with Crippen molar-refractivity contribution in [2.45, 2.75) is 175 Å². The first-order valence-electron chi connectivity index (χ1n) is 19.0. The average molecular weight is 716 g/mol. The Hall–Kier alpha value is -1.35. The fourth-order valence-electron chi connectivity index (χ4n) is 5.87. The molecule has 13 heteroatoms. The van der Waals surface area contributed by atoms with Crippen molar-refractivity contribution in [3.63, 3.8) is 0 Å². The number of hydrogen-bond acceptors (Lipinski definition) is 9. The Morgan fingerprint density at radius 3 is 1.79 bits per heavy atom.